The maximum absolute atomic E-state index is 14.0. The number of carbonyl (C=O) groups is 2. The first-order chi connectivity index (χ1) is 19.6. The highest BCUT2D eigenvalue weighted by Crippen LogP contribution is 2.28. The van der Waals surface area contributed by atoms with Gasteiger partial charge in [-0.3, -0.25) is 24.0 Å². The summed E-state index contributed by atoms with van der Waals surface area (Å²) >= 11 is 6.03. The standard InChI is InChI=1S/C29H31ClN4O6S/c1-21(29(36)31-24-8-5-6-9-24)32(19-22-14-16-23(30)17-15-22)28(35)20-33(25-10-7-11-26(18-25)34(37)38)41(39,40)27-12-3-2-4-13-27/h2-4,7,10-18,21,24H,5-6,8-9,19-20H2,1H3,(H,31,36). The van der Waals surface area contributed by atoms with Gasteiger partial charge in [0.2, 0.25) is 11.8 Å². The lowest BCUT2D eigenvalue weighted by Crippen LogP contribution is -2.52. The van der Waals surface area contributed by atoms with Crippen LogP contribution in [0.5, 0.6) is 0 Å². The summed E-state index contributed by atoms with van der Waals surface area (Å²) in [5, 5.41) is 15.0. The van der Waals surface area contributed by atoms with Gasteiger partial charge in [-0.05, 0) is 55.7 Å². The van der Waals surface area contributed by atoms with Gasteiger partial charge < -0.3 is 10.2 Å². The van der Waals surface area contributed by atoms with Crippen LogP contribution in [0.15, 0.2) is 83.8 Å². The lowest BCUT2D eigenvalue weighted by Gasteiger charge is -2.32. The van der Waals surface area contributed by atoms with E-state index in [9.17, 15) is 28.1 Å². The van der Waals surface area contributed by atoms with Crippen molar-refractivity contribution in [3.05, 3.63) is 99.6 Å². The van der Waals surface area contributed by atoms with Gasteiger partial charge in [0.25, 0.3) is 15.7 Å². The van der Waals surface area contributed by atoms with E-state index in [4.69, 9.17) is 11.6 Å². The minimum absolute atomic E-state index is 0.0173. The van der Waals surface area contributed by atoms with Gasteiger partial charge in [0.15, 0.2) is 0 Å². The highest BCUT2D eigenvalue weighted by molar-refractivity contribution is 7.92. The molecule has 1 unspecified atom stereocenters. The van der Waals surface area contributed by atoms with Crippen molar-refractivity contribution in [3.63, 3.8) is 0 Å². The number of anilines is 1. The Kier molecular flexibility index (Phi) is 9.61. The number of hydrogen-bond acceptors (Lipinski definition) is 6. The van der Waals surface area contributed by atoms with Gasteiger partial charge in [0, 0.05) is 29.7 Å². The Labute approximate surface area is 244 Å². The Morgan fingerprint density at radius 2 is 1.68 bits per heavy atom. The summed E-state index contributed by atoms with van der Waals surface area (Å²) in [5.41, 5.74) is 0.313. The Morgan fingerprint density at radius 1 is 1.02 bits per heavy atom. The van der Waals surface area contributed by atoms with Crippen molar-refractivity contribution >= 4 is 44.8 Å². The Bertz CT molecular complexity index is 1500. The topological polar surface area (TPSA) is 130 Å². The van der Waals surface area contributed by atoms with Crippen LogP contribution in [0.1, 0.15) is 38.2 Å². The lowest BCUT2D eigenvalue weighted by molar-refractivity contribution is -0.384. The molecule has 0 spiro atoms. The molecular weight excluding hydrogens is 568 g/mol. The monoisotopic (exact) mass is 598 g/mol. The molecule has 0 radical (unpaired) electrons. The summed E-state index contributed by atoms with van der Waals surface area (Å²) in [4.78, 5) is 39.3. The van der Waals surface area contributed by atoms with Gasteiger partial charge in [-0.15, -0.1) is 0 Å². The highest BCUT2D eigenvalue weighted by atomic mass is 35.5. The molecular formula is C29H31ClN4O6S. The summed E-state index contributed by atoms with van der Waals surface area (Å²) in [6, 6.07) is 18.5. The largest absolute Gasteiger partial charge is 0.352 e. The normalized spacial score (nSPS) is 14.3. The van der Waals surface area contributed by atoms with Gasteiger partial charge in [-0.25, -0.2) is 8.42 Å². The number of benzene rings is 3. The fourth-order valence-electron chi connectivity index (χ4n) is 4.77. The third kappa shape index (κ3) is 7.42. The molecule has 1 aliphatic carbocycles. The molecule has 0 saturated heterocycles. The van der Waals surface area contributed by atoms with Gasteiger partial charge in [0.1, 0.15) is 12.6 Å². The fourth-order valence-corrected chi connectivity index (χ4v) is 6.32. The predicted molar refractivity (Wildman–Crippen MR) is 156 cm³/mol. The smallest absolute Gasteiger partial charge is 0.271 e. The molecule has 1 saturated carbocycles. The number of sulfonamides is 1. The van der Waals surface area contributed by atoms with Crippen molar-refractivity contribution in [2.24, 2.45) is 0 Å². The number of carbonyl (C=O) groups excluding carboxylic acids is 2. The first kappa shape index (κ1) is 30.0. The summed E-state index contributed by atoms with van der Waals surface area (Å²) < 4.78 is 28.4. The number of hydrogen-bond donors (Lipinski definition) is 1. The molecule has 0 aliphatic heterocycles. The minimum Gasteiger partial charge on any atom is -0.352 e. The molecule has 2 amide bonds. The molecule has 1 atom stereocenters. The van der Waals surface area contributed by atoms with E-state index < -0.39 is 33.4 Å². The van der Waals surface area contributed by atoms with Crippen LogP contribution in [-0.4, -0.2) is 48.7 Å². The average Bonchev–Trinajstić information content (AvgIpc) is 3.48. The van der Waals surface area contributed by atoms with E-state index in [0.29, 0.717) is 10.6 Å². The van der Waals surface area contributed by atoms with E-state index in [1.165, 1.54) is 35.2 Å². The van der Waals surface area contributed by atoms with Crippen LogP contribution >= 0.6 is 11.6 Å². The number of nitro benzene ring substituents is 1. The molecule has 0 heterocycles. The number of rotatable bonds is 11. The van der Waals surface area contributed by atoms with Crippen molar-refractivity contribution in [2.75, 3.05) is 10.8 Å². The molecule has 12 heteroatoms. The lowest BCUT2D eigenvalue weighted by atomic mass is 10.1. The van der Waals surface area contributed by atoms with Crippen LogP contribution < -0.4 is 9.62 Å². The van der Waals surface area contributed by atoms with Crippen LogP contribution in [0.25, 0.3) is 0 Å². The number of halogens is 1. The Balaban J connectivity index is 1.70. The SMILES string of the molecule is CC(C(=O)NC1CCCC1)N(Cc1ccc(Cl)cc1)C(=O)CN(c1cccc([N+](=O)[O-])c1)S(=O)(=O)c1ccccc1. The number of nitrogens with zero attached hydrogens (tertiary/aromatic N) is 3. The third-order valence-corrected chi connectivity index (χ3v) is 9.11. The van der Waals surface area contributed by atoms with Crippen molar-refractivity contribution in [1.29, 1.82) is 0 Å². The highest BCUT2D eigenvalue weighted by Gasteiger charge is 2.33. The second-order valence-corrected chi connectivity index (χ2v) is 12.2. The number of nitro groups is 1. The quantitative estimate of drug-likeness (QED) is 0.246. The van der Waals surface area contributed by atoms with Gasteiger partial charge in [-0.2, -0.15) is 0 Å². The molecule has 0 aromatic heterocycles. The summed E-state index contributed by atoms with van der Waals surface area (Å²) in [5.74, 6) is -0.993. The maximum Gasteiger partial charge on any atom is 0.271 e. The molecule has 4 rings (SSSR count). The summed E-state index contributed by atoms with van der Waals surface area (Å²) in [6.07, 6.45) is 3.75. The second-order valence-electron chi connectivity index (χ2n) is 9.92. The predicted octanol–water partition coefficient (Wildman–Crippen LogP) is 4.92. The van der Waals surface area contributed by atoms with Crippen LogP contribution in [0.3, 0.4) is 0 Å². The van der Waals surface area contributed by atoms with Gasteiger partial charge in [-0.1, -0.05) is 60.8 Å². The first-order valence-corrected chi connectivity index (χ1v) is 15.0. The van der Waals surface area contributed by atoms with E-state index in [0.717, 1.165) is 36.1 Å². The molecule has 1 aliphatic rings. The van der Waals surface area contributed by atoms with E-state index in [1.807, 2.05) is 0 Å². The third-order valence-electron chi connectivity index (χ3n) is 7.07. The van der Waals surface area contributed by atoms with Gasteiger partial charge >= 0.3 is 0 Å². The van der Waals surface area contributed by atoms with Crippen LogP contribution in [0.2, 0.25) is 5.02 Å². The molecule has 41 heavy (non-hydrogen) atoms. The van der Waals surface area contributed by atoms with Crippen molar-refractivity contribution in [2.45, 2.75) is 56.1 Å². The summed E-state index contributed by atoms with van der Waals surface area (Å²) in [7, 11) is -4.32. The van der Waals surface area contributed by atoms with Crippen LogP contribution in [-0.2, 0) is 26.2 Å². The second kappa shape index (κ2) is 13.1. The molecule has 1 N–H and O–H groups in total. The van der Waals surface area contributed by atoms with E-state index in [-0.39, 0.29) is 34.8 Å². The fraction of sp³-hybridized carbons (Fsp3) is 0.310. The van der Waals surface area contributed by atoms with Crippen LogP contribution in [0, 0.1) is 10.1 Å². The van der Waals surface area contributed by atoms with Crippen molar-refractivity contribution < 1.29 is 22.9 Å². The zero-order chi connectivity index (χ0) is 29.6. The minimum atomic E-state index is -4.32. The first-order valence-electron chi connectivity index (χ1n) is 13.2. The maximum atomic E-state index is 14.0. The van der Waals surface area contributed by atoms with Crippen molar-refractivity contribution in [3.8, 4) is 0 Å². The molecule has 1 fully saturated rings. The van der Waals surface area contributed by atoms with E-state index in [2.05, 4.69) is 5.32 Å². The van der Waals surface area contributed by atoms with Crippen LogP contribution in [0.4, 0.5) is 11.4 Å². The average molecular weight is 599 g/mol. The number of non-ortho nitro benzene ring substituents is 1. The Morgan fingerprint density at radius 3 is 2.32 bits per heavy atom. The van der Waals surface area contributed by atoms with Crippen molar-refractivity contribution in [1.82, 2.24) is 10.2 Å². The number of nitrogens with one attached hydrogen (secondary N) is 1. The molecule has 0 bridgehead atoms. The molecule has 216 valence electrons. The van der Waals surface area contributed by atoms with Gasteiger partial charge in [0.05, 0.1) is 15.5 Å². The molecule has 3 aromatic carbocycles. The molecule has 10 nitrogen and oxygen atoms in total. The number of amides is 2. The molecule has 3 aromatic rings. The Hall–Kier alpha value is -3.96. The van der Waals surface area contributed by atoms with E-state index >= 15 is 0 Å². The zero-order valence-corrected chi connectivity index (χ0v) is 24.1. The zero-order valence-electron chi connectivity index (χ0n) is 22.5. The summed E-state index contributed by atoms with van der Waals surface area (Å²) in [6.45, 7) is 0.929. The van der Waals surface area contributed by atoms with E-state index in [1.54, 1.807) is 49.4 Å².